The molecule has 0 amide bonds. The number of rotatable bonds is 2. The summed E-state index contributed by atoms with van der Waals surface area (Å²) in [5.41, 5.74) is 1.11. The van der Waals surface area contributed by atoms with Crippen LogP contribution in [0.2, 0.25) is 10.0 Å². The summed E-state index contributed by atoms with van der Waals surface area (Å²) in [6.45, 7) is 2.79. The Morgan fingerprint density at radius 2 is 2.19 bits per heavy atom. The second kappa shape index (κ2) is 5.37. The van der Waals surface area contributed by atoms with E-state index in [1.807, 2.05) is 12.1 Å². The highest BCUT2D eigenvalue weighted by Crippen LogP contribution is 2.20. The molecule has 0 spiro atoms. The number of hydrogen-bond donors (Lipinski definition) is 2. The van der Waals surface area contributed by atoms with Crippen molar-refractivity contribution in [1.82, 2.24) is 0 Å². The highest BCUT2D eigenvalue weighted by Gasteiger charge is 2.21. The molecule has 1 fully saturated rings. The molecule has 0 aliphatic carbocycles. The summed E-state index contributed by atoms with van der Waals surface area (Å²) < 4.78 is 0. The molecule has 1 saturated heterocycles. The van der Waals surface area contributed by atoms with Gasteiger partial charge in [-0.2, -0.15) is 0 Å². The van der Waals surface area contributed by atoms with E-state index in [1.54, 1.807) is 6.07 Å². The first-order valence-electron chi connectivity index (χ1n) is 5.60. The molecule has 2 atom stereocenters. The van der Waals surface area contributed by atoms with Crippen molar-refractivity contribution >= 4 is 23.2 Å². The van der Waals surface area contributed by atoms with Crippen molar-refractivity contribution in [3.63, 3.8) is 0 Å². The van der Waals surface area contributed by atoms with Gasteiger partial charge in [-0.05, 0) is 25.0 Å². The number of benzene rings is 1. The SMILES string of the molecule is O[C@H]1CCC[NH+](Cc2ccc(Cl)cc2Cl)C1. The Hall–Kier alpha value is -0.280. The van der Waals surface area contributed by atoms with E-state index in [4.69, 9.17) is 23.2 Å². The fourth-order valence-electron chi connectivity index (χ4n) is 2.22. The van der Waals surface area contributed by atoms with E-state index in [2.05, 4.69) is 0 Å². The average molecular weight is 261 g/mol. The monoisotopic (exact) mass is 260 g/mol. The third-order valence-electron chi connectivity index (χ3n) is 3.05. The summed E-state index contributed by atoms with van der Waals surface area (Å²) in [7, 11) is 0. The molecule has 0 radical (unpaired) electrons. The number of aliphatic hydroxyl groups excluding tert-OH is 1. The zero-order chi connectivity index (χ0) is 11.5. The molecule has 2 nitrogen and oxygen atoms in total. The van der Waals surface area contributed by atoms with E-state index >= 15 is 0 Å². The van der Waals surface area contributed by atoms with Crippen molar-refractivity contribution in [2.24, 2.45) is 0 Å². The van der Waals surface area contributed by atoms with Gasteiger partial charge in [0.2, 0.25) is 0 Å². The van der Waals surface area contributed by atoms with Gasteiger partial charge in [-0.1, -0.05) is 29.3 Å². The standard InChI is InChI=1S/C12H15Cl2NO/c13-10-4-3-9(12(14)6-10)7-15-5-1-2-11(16)8-15/h3-4,6,11,16H,1-2,5,7-8H2/p+1/t11-/m0/s1. The van der Waals surface area contributed by atoms with Crippen LogP contribution in [-0.4, -0.2) is 24.3 Å². The zero-order valence-electron chi connectivity index (χ0n) is 9.05. The summed E-state index contributed by atoms with van der Waals surface area (Å²) in [6, 6.07) is 5.61. The molecule has 1 aliphatic heterocycles. The quantitative estimate of drug-likeness (QED) is 0.829. The largest absolute Gasteiger partial charge is 0.387 e. The molecule has 1 aromatic rings. The van der Waals surface area contributed by atoms with E-state index in [0.717, 1.165) is 43.1 Å². The van der Waals surface area contributed by atoms with Crippen LogP contribution < -0.4 is 4.90 Å². The second-order valence-electron chi connectivity index (χ2n) is 4.41. The van der Waals surface area contributed by atoms with Gasteiger partial charge in [0.1, 0.15) is 19.2 Å². The van der Waals surface area contributed by atoms with Crippen LogP contribution in [0.25, 0.3) is 0 Å². The van der Waals surface area contributed by atoms with Crippen molar-refractivity contribution in [3.05, 3.63) is 33.8 Å². The first-order chi connectivity index (χ1) is 7.65. The molecular weight excluding hydrogens is 245 g/mol. The molecular formula is C12H16Cl2NO+. The highest BCUT2D eigenvalue weighted by molar-refractivity contribution is 6.35. The first-order valence-corrected chi connectivity index (χ1v) is 6.36. The Balaban J connectivity index is 2.02. The lowest BCUT2D eigenvalue weighted by molar-refractivity contribution is -0.921. The van der Waals surface area contributed by atoms with E-state index in [1.165, 1.54) is 4.90 Å². The Kier molecular flexibility index (Phi) is 4.09. The van der Waals surface area contributed by atoms with Crippen LogP contribution in [0.4, 0.5) is 0 Å². The van der Waals surface area contributed by atoms with Gasteiger partial charge in [-0.3, -0.25) is 0 Å². The predicted molar refractivity (Wildman–Crippen MR) is 66.1 cm³/mol. The summed E-state index contributed by atoms with van der Waals surface area (Å²) in [5.74, 6) is 0. The lowest BCUT2D eigenvalue weighted by Crippen LogP contribution is -3.12. The molecule has 4 heteroatoms. The van der Waals surface area contributed by atoms with Gasteiger partial charge in [0.05, 0.1) is 11.6 Å². The molecule has 1 aromatic carbocycles. The molecule has 1 heterocycles. The van der Waals surface area contributed by atoms with E-state index in [-0.39, 0.29) is 6.10 Å². The lowest BCUT2D eigenvalue weighted by atomic mass is 10.1. The number of halogens is 2. The van der Waals surface area contributed by atoms with Gasteiger partial charge < -0.3 is 10.0 Å². The van der Waals surface area contributed by atoms with E-state index in [9.17, 15) is 5.11 Å². The van der Waals surface area contributed by atoms with Gasteiger partial charge in [0, 0.05) is 10.6 Å². The Morgan fingerprint density at radius 1 is 1.38 bits per heavy atom. The van der Waals surface area contributed by atoms with Gasteiger partial charge in [-0.25, -0.2) is 0 Å². The molecule has 0 bridgehead atoms. The number of nitrogens with one attached hydrogen (secondary N) is 1. The maximum atomic E-state index is 9.60. The molecule has 16 heavy (non-hydrogen) atoms. The third kappa shape index (κ3) is 3.11. The number of likely N-dealkylation sites (tertiary alicyclic amines) is 1. The minimum atomic E-state index is -0.158. The van der Waals surface area contributed by atoms with Crippen molar-refractivity contribution in [2.75, 3.05) is 13.1 Å². The van der Waals surface area contributed by atoms with Crippen molar-refractivity contribution in [3.8, 4) is 0 Å². The van der Waals surface area contributed by atoms with Crippen LogP contribution in [0.1, 0.15) is 18.4 Å². The maximum absolute atomic E-state index is 9.60. The number of hydrogen-bond acceptors (Lipinski definition) is 1. The van der Waals surface area contributed by atoms with Crippen LogP contribution in [-0.2, 0) is 6.54 Å². The lowest BCUT2D eigenvalue weighted by Gasteiger charge is -2.27. The Labute approximate surface area is 106 Å². The number of piperidine rings is 1. The number of quaternary nitrogens is 1. The van der Waals surface area contributed by atoms with Crippen LogP contribution in [0, 0.1) is 0 Å². The zero-order valence-corrected chi connectivity index (χ0v) is 10.6. The maximum Gasteiger partial charge on any atom is 0.104 e. The molecule has 2 N–H and O–H groups in total. The predicted octanol–water partition coefficient (Wildman–Crippen LogP) is 1.53. The van der Waals surface area contributed by atoms with Gasteiger partial charge >= 0.3 is 0 Å². The van der Waals surface area contributed by atoms with Crippen LogP contribution in [0.3, 0.4) is 0 Å². The fourth-order valence-corrected chi connectivity index (χ4v) is 2.70. The summed E-state index contributed by atoms with van der Waals surface area (Å²) in [5, 5.41) is 11.0. The van der Waals surface area contributed by atoms with E-state index < -0.39 is 0 Å². The Bertz CT molecular complexity index is 370. The minimum absolute atomic E-state index is 0.158. The molecule has 88 valence electrons. The average Bonchev–Trinajstić information content (AvgIpc) is 2.22. The Morgan fingerprint density at radius 3 is 2.88 bits per heavy atom. The summed E-state index contributed by atoms with van der Waals surface area (Å²) in [4.78, 5) is 1.39. The molecule has 0 aromatic heterocycles. The van der Waals surface area contributed by atoms with Crippen molar-refractivity contribution in [1.29, 1.82) is 0 Å². The third-order valence-corrected chi connectivity index (χ3v) is 3.63. The fraction of sp³-hybridized carbons (Fsp3) is 0.500. The second-order valence-corrected chi connectivity index (χ2v) is 5.26. The molecule has 0 saturated carbocycles. The smallest absolute Gasteiger partial charge is 0.104 e. The highest BCUT2D eigenvalue weighted by atomic mass is 35.5. The van der Waals surface area contributed by atoms with E-state index in [0.29, 0.717) is 5.02 Å². The van der Waals surface area contributed by atoms with Crippen molar-refractivity contribution < 1.29 is 10.0 Å². The minimum Gasteiger partial charge on any atom is -0.387 e. The molecule has 2 rings (SSSR count). The topological polar surface area (TPSA) is 24.7 Å². The summed E-state index contributed by atoms with van der Waals surface area (Å²) in [6.07, 6.45) is 1.86. The molecule has 1 unspecified atom stereocenters. The van der Waals surface area contributed by atoms with Gasteiger partial charge in [0.25, 0.3) is 0 Å². The van der Waals surface area contributed by atoms with Crippen LogP contribution in [0.5, 0.6) is 0 Å². The normalized spacial score (nSPS) is 25.7. The van der Waals surface area contributed by atoms with Gasteiger partial charge in [0.15, 0.2) is 0 Å². The number of aliphatic hydroxyl groups is 1. The molecule has 1 aliphatic rings. The van der Waals surface area contributed by atoms with Crippen molar-refractivity contribution in [2.45, 2.75) is 25.5 Å². The van der Waals surface area contributed by atoms with Gasteiger partial charge in [-0.15, -0.1) is 0 Å². The summed E-state index contributed by atoms with van der Waals surface area (Å²) >= 11 is 12.0. The van der Waals surface area contributed by atoms with Crippen LogP contribution >= 0.6 is 23.2 Å². The van der Waals surface area contributed by atoms with Crippen LogP contribution in [0.15, 0.2) is 18.2 Å². The first kappa shape index (κ1) is 12.2.